The third-order valence-electron chi connectivity index (χ3n) is 8.57. The molecular formula is C37H40N2O5. The van der Waals surface area contributed by atoms with Crippen molar-refractivity contribution in [1.29, 1.82) is 0 Å². The molecule has 2 N–H and O–H groups in total. The Morgan fingerprint density at radius 2 is 1.55 bits per heavy atom. The van der Waals surface area contributed by atoms with Crippen LogP contribution in [0.15, 0.2) is 103 Å². The predicted molar refractivity (Wildman–Crippen MR) is 170 cm³/mol. The van der Waals surface area contributed by atoms with Crippen molar-refractivity contribution in [2.45, 2.75) is 38.6 Å². The molecule has 228 valence electrons. The number of carbonyl (C=O) groups excluding carboxylic acids is 1. The van der Waals surface area contributed by atoms with Crippen LogP contribution in [0.5, 0.6) is 0 Å². The Bertz CT molecular complexity index is 1520. The Morgan fingerprint density at radius 3 is 2.30 bits per heavy atom. The van der Waals surface area contributed by atoms with Gasteiger partial charge in [0.2, 0.25) is 0 Å². The number of benzene rings is 4. The lowest BCUT2D eigenvalue weighted by Crippen LogP contribution is -2.47. The molecule has 0 bridgehead atoms. The van der Waals surface area contributed by atoms with E-state index in [0.717, 1.165) is 66.2 Å². The smallest absolute Gasteiger partial charge is 0.251 e. The molecule has 1 amide bonds. The first kappa shape index (κ1) is 30.2. The fourth-order valence-corrected chi connectivity index (χ4v) is 5.97. The number of hydrogen-bond acceptors (Lipinski definition) is 6. The van der Waals surface area contributed by atoms with E-state index in [9.17, 15) is 9.90 Å². The van der Waals surface area contributed by atoms with Crippen LogP contribution in [0.4, 0.5) is 0 Å². The molecular weight excluding hydrogens is 552 g/mol. The number of amides is 1. The van der Waals surface area contributed by atoms with Gasteiger partial charge < -0.3 is 24.6 Å². The lowest BCUT2D eigenvalue weighted by Gasteiger charge is -2.43. The molecule has 0 aromatic heterocycles. The molecule has 2 saturated heterocycles. The molecule has 6 rings (SSSR count). The molecule has 0 spiro atoms. The Labute approximate surface area is 259 Å². The summed E-state index contributed by atoms with van der Waals surface area (Å²) in [5.74, 6) is 0.0334. The third kappa shape index (κ3) is 7.26. The Hall–Kier alpha value is -3.85. The second kappa shape index (κ2) is 14.3. The number of rotatable bonds is 9. The minimum atomic E-state index is -0.534. The van der Waals surface area contributed by atoms with Gasteiger partial charge in [-0.05, 0) is 52.1 Å². The minimum absolute atomic E-state index is 0.0140. The molecule has 44 heavy (non-hydrogen) atoms. The topological polar surface area (TPSA) is 80.3 Å². The van der Waals surface area contributed by atoms with E-state index in [2.05, 4.69) is 59.6 Å². The van der Waals surface area contributed by atoms with E-state index < -0.39 is 6.29 Å². The summed E-state index contributed by atoms with van der Waals surface area (Å²) in [6.45, 7) is 6.73. The van der Waals surface area contributed by atoms with Crippen molar-refractivity contribution < 1.29 is 24.1 Å². The maximum atomic E-state index is 12.6. The van der Waals surface area contributed by atoms with E-state index in [1.165, 1.54) is 0 Å². The Morgan fingerprint density at radius 1 is 0.818 bits per heavy atom. The molecule has 0 aliphatic carbocycles. The van der Waals surface area contributed by atoms with Crippen LogP contribution < -0.4 is 5.32 Å². The molecule has 2 aliphatic heterocycles. The van der Waals surface area contributed by atoms with Crippen LogP contribution in [0.25, 0.3) is 11.1 Å². The van der Waals surface area contributed by atoms with Gasteiger partial charge in [0.1, 0.15) is 0 Å². The van der Waals surface area contributed by atoms with Crippen molar-refractivity contribution in [3.63, 3.8) is 0 Å². The monoisotopic (exact) mass is 592 g/mol. The SMILES string of the molecule is CC1C(CN2CCOCC2)OC(c2cccc(-c3cccc(CNC(=O)c4ccccc4)c3)c2)OC1c1ccc(CO)cc1. The number of ether oxygens (including phenoxy) is 3. The van der Waals surface area contributed by atoms with Gasteiger partial charge in [-0.15, -0.1) is 0 Å². The van der Waals surface area contributed by atoms with Crippen molar-refractivity contribution >= 4 is 5.91 Å². The summed E-state index contributed by atoms with van der Waals surface area (Å²) in [7, 11) is 0. The summed E-state index contributed by atoms with van der Waals surface area (Å²) in [4.78, 5) is 15.0. The van der Waals surface area contributed by atoms with Crippen LogP contribution in [0, 0.1) is 5.92 Å². The van der Waals surface area contributed by atoms with Gasteiger partial charge >= 0.3 is 0 Å². The molecule has 4 unspecified atom stereocenters. The summed E-state index contributed by atoms with van der Waals surface area (Å²) >= 11 is 0. The van der Waals surface area contributed by atoms with Gasteiger partial charge in [0, 0.05) is 43.2 Å². The predicted octanol–water partition coefficient (Wildman–Crippen LogP) is 5.90. The number of aliphatic hydroxyl groups is 1. The van der Waals surface area contributed by atoms with Crippen molar-refractivity contribution in [2.24, 2.45) is 5.92 Å². The van der Waals surface area contributed by atoms with E-state index in [1.807, 2.05) is 60.7 Å². The first-order valence-corrected chi connectivity index (χ1v) is 15.4. The summed E-state index contributed by atoms with van der Waals surface area (Å²) in [5, 5.41) is 12.6. The van der Waals surface area contributed by atoms with Crippen LogP contribution in [0.3, 0.4) is 0 Å². The highest BCUT2D eigenvalue weighted by Gasteiger charge is 2.39. The molecule has 2 fully saturated rings. The molecule has 4 atom stereocenters. The molecule has 0 radical (unpaired) electrons. The van der Waals surface area contributed by atoms with Crippen molar-refractivity contribution in [2.75, 3.05) is 32.8 Å². The number of hydrogen-bond donors (Lipinski definition) is 2. The van der Waals surface area contributed by atoms with E-state index in [-0.39, 0.29) is 30.6 Å². The average molecular weight is 593 g/mol. The summed E-state index contributed by atoms with van der Waals surface area (Å²) in [6.07, 6.45) is -0.727. The van der Waals surface area contributed by atoms with Crippen LogP contribution in [-0.2, 0) is 27.4 Å². The normalized spacial score (nSPS) is 22.4. The first-order chi connectivity index (χ1) is 21.6. The highest BCUT2D eigenvalue weighted by Crippen LogP contribution is 2.42. The van der Waals surface area contributed by atoms with Gasteiger partial charge in [-0.25, -0.2) is 0 Å². The van der Waals surface area contributed by atoms with Gasteiger partial charge in [-0.3, -0.25) is 9.69 Å². The lowest BCUT2D eigenvalue weighted by atomic mass is 9.89. The van der Waals surface area contributed by atoms with Gasteiger partial charge in [0.25, 0.3) is 5.91 Å². The number of carbonyl (C=O) groups is 1. The second-order valence-corrected chi connectivity index (χ2v) is 11.6. The molecule has 2 aliphatic rings. The molecule has 7 nitrogen and oxygen atoms in total. The van der Waals surface area contributed by atoms with Gasteiger partial charge in [-0.1, -0.05) is 85.8 Å². The van der Waals surface area contributed by atoms with Crippen molar-refractivity contribution in [3.8, 4) is 11.1 Å². The van der Waals surface area contributed by atoms with E-state index in [4.69, 9.17) is 14.2 Å². The zero-order valence-corrected chi connectivity index (χ0v) is 25.1. The molecule has 4 aromatic carbocycles. The summed E-state index contributed by atoms with van der Waals surface area (Å²) < 4.78 is 19.0. The van der Waals surface area contributed by atoms with Crippen LogP contribution in [0.1, 0.15) is 51.9 Å². The molecule has 7 heteroatoms. The average Bonchev–Trinajstić information content (AvgIpc) is 3.09. The third-order valence-corrected chi connectivity index (χ3v) is 8.57. The van der Waals surface area contributed by atoms with Crippen LogP contribution >= 0.6 is 0 Å². The number of nitrogens with one attached hydrogen (secondary N) is 1. The lowest BCUT2D eigenvalue weighted by molar-refractivity contribution is -0.277. The Balaban J connectivity index is 1.22. The molecule has 0 saturated carbocycles. The maximum absolute atomic E-state index is 12.6. The molecule has 4 aromatic rings. The largest absolute Gasteiger partial charge is 0.392 e. The fraction of sp³-hybridized carbons (Fsp3) is 0.324. The summed E-state index contributed by atoms with van der Waals surface area (Å²) in [6, 6.07) is 33.9. The van der Waals surface area contributed by atoms with Crippen molar-refractivity contribution in [3.05, 3.63) is 131 Å². The fourth-order valence-electron chi connectivity index (χ4n) is 5.97. The highest BCUT2D eigenvalue weighted by atomic mass is 16.7. The number of nitrogens with zero attached hydrogens (tertiary/aromatic N) is 1. The second-order valence-electron chi connectivity index (χ2n) is 11.6. The van der Waals surface area contributed by atoms with Gasteiger partial charge in [0.05, 0.1) is 32.0 Å². The minimum Gasteiger partial charge on any atom is -0.392 e. The molecule has 2 heterocycles. The quantitative estimate of drug-likeness (QED) is 0.252. The Kier molecular flexibility index (Phi) is 9.80. The van der Waals surface area contributed by atoms with Crippen LogP contribution in [0.2, 0.25) is 0 Å². The zero-order valence-electron chi connectivity index (χ0n) is 25.1. The maximum Gasteiger partial charge on any atom is 0.251 e. The van der Waals surface area contributed by atoms with E-state index in [0.29, 0.717) is 12.1 Å². The van der Waals surface area contributed by atoms with Crippen LogP contribution in [-0.4, -0.2) is 54.9 Å². The highest BCUT2D eigenvalue weighted by molar-refractivity contribution is 5.94. The van der Waals surface area contributed by atoms with Gasteiger partial charge in [-0.2, -0.15) is 0 Å². The number of morpholine rings is 1. The van der Waals surface area contributed by atoms with E-state index >= 15 is 0 Å². The van der Waals surface area contributed by atoms with E-state index in [1.54, 1.807) is 0 Å². The zero-order chi connectivity index (χ0) is 30.3. The van der Waals surface area contributed by atoms with Gasteiger partial charge in [0.15, 0.2) is 6.29 Å². The van der Waals surface area contributed by atoms with Crippen molar-refractivity contribution in [1.82, 2.24) is 10.2 Å². The standard InChI is InChI=1S/C37H40N2O5/c1-26-34(24-39-17-19-42-20-18-39)43-37(44-35(26)29-15-13-27(25-40)14-16-29)33-12-6-11-32(22-33)31-10-5-7-28(21-31)23-38-36(41)30-8-3-2-4-9-30/h2-16,21-22,26,34-35,37,40H,17-20,23-25H2,1H3,(H,38,41). The first-order valence-electron chi connectivity index (χ1n) is 15.4. The summed E-state index contributed by atoms with van der Waals surface area (Å²) in [5.41, 5.74) is 6.70. The number of aliphatic hydroxyl groups excluding tert-OH is 1.